The number of hydrogen-bond acceptors (Lipinski definition) is 2. The van der Waals surface area contributed by atoms with Crippen LogP contribution in [-0.2, 0) is 0 Å². The van der Waals surface area contributed by atoms with Crippen LogP contribution in [0.4, 0.5) is 0 Å². The van der Waals surface area contributed by atoms with Crippen molar-refractivity contribution in [1.82, 2.24) is 0 Å². The van der Waals surface area contributed by atoms with Gasteiger partial charge in [-0.25, -0.2) is 0 Å². The van der Waals surface area contributed by atoms with Gasteiger partial charge in [-0.15, -0.1) is 0 Å². The predicted octanol–water partition coefficient (Wildman–Crippen LogP) is 4.58. The summed E-state index contributed by atoms with van der Waals surface area (Å²) in [4.78, 5) is 0. The maximum Gasteiger partial charge on any atom is 0.140 e. The summed E-state index contributed by atoms with van der Waals surface area (Å²) in [7, 11) is 3.39. The van der Waals surface area contributed by atoms with Crippen LogP contribution in [0.25, 0.3) is 11.1 Å². The minimum atomic E-state index is 0.887. The third kappa shape index (κ3) is 2.59. The van der Waals surface area contributed by atoms with Crippen LogP contribution in [0.1, 0.15) is 0 Å². The molecule has 0 spiro atoms. The molecule has 0 atom stereocenters. The molecule has 0 heterocycles. The lowest BCUT2D eigenvalue weighted by Gasteiger charge is -2.14. The fourth-order valence-electron chi connectivity index (χ4n) is 1.86. The minimum Gasteiger partial charge on any atom is -0.495 e. The van der Waals surface area contributed by atoms with E-state index in [4.69, 9.17) is 9.47 Å². The van der Waals surface area contributed by atoms with Crippen molar-refractivity contribution >= 4 is 45.2 Å². The first kappa shape index (κ1) is 13.9. The van der Waals surface area contributed by atoms with E-state index < -0.39 is 0 Å². The predicted molar refractivity (Wildman–Crippen MR) is 90.4 cm³/mol. The highest BCUT2D eigenvalue weighted by Crippen LogP contribution is 2.40. The maximum absolute atomic E-state index is 5.50. The first-order valence-electron chi connectivity index (χ1n) is 5.34. The molecule has 0 saturated carbocycles. The largest absolute Gasteiger partial charge is 0.495 e. The van der Waals surface area contributed by atoms with Crippen LogP contribution in [-0.4, -0.2) is 14.2 Å². The topological polar surface area (TPSA) is 18.5 Å². The SMILES string of the molecule is COc1c(I)cccc1-c1cccc(I)c1OC. The summed E-state index contributed by atoms with van der Waals surface area (Å²) < 4.78 is 13.2. The van der Waals surface area contributed by atoms with E-state index in [1.807, 2.05) is 24.3 Å². The van der Waals surface area contributed by atoms with E-state index in [1.165, 1.54) is 0 Å². The van der Waals surface area contributed by atoms with E-state index in [0.717, 1.165) is 29.8 Å². The van der Waals surface area contributed by atoms with Gasteiger partial charge in [-0.2, -0.15) is 0 Å². The number of halogens is 2. The lowest BCUT2D eigenvalue weighted by atomic mass is 10.0. The highest BCUT2D eigenvalue weighted by Gasteiger charge is 2.14. The summed E-state index contributed by atoms with van der Waals surface area (Å²) in [5.74, 6) is 1.77. The van der Waals surface area contributed by atoms with Gasteiger partial charge in [0.15, 0.2) is 0 Å². The first-order chi connectivity index (χ1) is 8.69. The highest BCUT2D eigenvalue weighted by molar-refractivity contribution is 14.1. The van der Waals surface area contributed by atoms with Gasteiger partial charge in [0, 0.05) is 11.1 Å². The second kappa shape index (κ2) is 6.10. The Morgan fingerprint density at radius 2 is 1.11 bits per heavy atom. The Balaban J connectivity index is 2.69. The number of rotatable bonds is 3. The monoisotopic (exact) mass is 466 g/mol. The van der Waals surface area contributed by atoms with E-state index in [2.05, 4.69) is 57.3 Å². The van der Waals surface area contributed by atoms with Gasteiger partial charge in [0.25, 0.3) is 0 Å². The molecule has 0 saturated heterocycles. The normalized spacial score (nSPS) is 10.2. The summed E-state index contributed by atoms with van der Waals surface area (Å²) in [6.45, 7) is 0. The standard InChI is InChI=1S/C14H12I2O2/c1-17-13-9(5-3-7-11(13)15)10-6-4-8-12(16)14(10)18-2/h3-8H,1-2H3. The van der Waals surface area contributed by atoms with Crippen LogP contribution in [0.3, 0.4) is 0 Å². The molecule has 94 valence electrons. The molecule has 0 radical (unpaired) electrons. The van der Waals surface area contributed by atoms with Gasteiger partial charge in [-0.05, 0) is 57.3 Å². The molecule has 0 aromatic heterocycles. The number of hydrogen-bond donors (Lipinski definition) is 0. The molecule has 4 heteroatoms. The molecule has 0 aliphatic carbocycles. The zero-order valence-corrected chi connectivity index (χ0v) is 14.4. The Bertz CT molecular complexity index is 516. The second-order valence-electron chi connectivity index (χ2n) is 3.64. The van der Waals surface area contributed by atoms with Crippen LogP contribution in [0.15, 0.2) is 36.4 Å². The second-order valence-corrected chi connectivity index (χ2v) is 5.97. The van der Waals surface area contributed by atoms with Crippen LogP contribution in [0, 0.1) is 7.14 Å². The van der Waals surface area contributed by atoms with Crippen molar-refractivity contribution < 1.29 is 9.47 Å². The minimum absolute atomic E-state index is 0.887. The van der Waals surface area contributed by atoms with Crippen LogP contribution in [0.2, 0.25) is 0 Å². The van der Waals surface area contributed by atoms with Gasteiger partial charge < -0.3 is 9.47 Å². The van der Waals surface area contributed by atoms with Crippen molar-refractivity contribution in [2.45, 2.75) is 0 Å². The van der Waals surface area contributed by atoms with Gasteiger partial charge in [0.2, 0.25) is 0 Å². The number of benzene rings is 2. The Kier molecular flexibility index (Phi) is 4.71. The Morgan fingerprint density at radius 1 is 0.722 bits per heavy atom. The average Bonchev–Trinajstić information content (AvgIpc) is 2.38. The quantitative estimate of drug-likeness (QED) is 0.618. The molecular formula is C14H12I2O2. The molecule has 0 aliphatic rings. The van der Waals surface area contributed by atoms with E-state index in [1.54, 1.807) is 14.2 Å². The smallest absolute Gasteiger partial charge is 0.140 e. The number of para-hydroxylation sites is 2. The Morgan fingerprint density at radius 3 is 1.44 bits per heavy atom. The van der Waals surface area contributed by atoms with Gasteiger partial charge in [-0.1, -0.05) is 24.3 Å². The van der Waals surface area contributed by atoms with E-state index in [0.29, 0.717) is 0 Å². The lowest BCUT2D eigenvalue weighted by molar-refractivity contribution is 0.407. The lowest BCUT2D eigenvalue weighted by Crippen LogP contribution is -1.95. The third-order valence-corrected chi connectivity index (χ3v) is 4.33. The Hall–Kier alpha value is -0.500. The van der Waals surface area contributed by atoms with Crippen molar-refractivity contribution in [3.05, 3.63) is 43.5 Å². The molecule has 0 fully saturated rings. The zero-order valence-electron chi connectivity index (χ0n) is 10.0. The van der Waals surface area contributed by atoms with E-state index in [-0.39, 0.29) is 0 Å². The molecule has 2 aromatic carbocycles. The molecule has 18 heavy (non-hydrogen) atoms. The van der Waals surface area contributed by atoms with Crippen molar-refractivity contribution in [2.24, 2.45) is 0 Å². The maximum atomic E-state index is 5.50. The molecule has 0 amide bonds. The van der Waals surface area contributed by atoms with E-state index in [9.17, 15) is 0 Å². The molecule has 0 aliphatic heterocycles. The van der Waals surface area contributed by atoms with Crippen molar-refractivity contribution in [3.8, 4) is 22.6 Å². The van der Waals surface area contributed by atoms with Gasteiger partial charge in [0.1, 0.15) is 11.5 Å². The summed E-state index contributed by atoms with van der Waals surface area (Å²) in [5, 5.41) is 0. The molecular weight excluding hydrogens is 454 g/mol. The van der Waals surface area contributed by atoms with Gasteiger partial charge in [0.05, 0.1) is 21.4 Å². The van der Waals surface area contributed by atoms with Crippen molar-refractivity contribution in [1.29, 1.82) is 0 Å². The summed E-state index contributed by atoms with van der Waals surface area (Å²) in [6, 6.07) is 12.2. The van der Waals surface area contributed by atoms with E-state index >= 15 is 0 Å². The van der Waals surface area contributed by atoms with Gasteiger partial charge in [-0.3, -0.25) is 0 Å². The third-order valence-electron chi connectivity index (χ3n) is 2.63. The number of methoxy groups -OCH3 is 2. The zero-order chi connectivity index (χ0) is 13.1. The fraction of sp³-hybridized carbons (Fsp3) is 0.143. The highest BCUT2D eigenvalue weighted by atomic mass is 127. The average molecular weight is 466 g/mol. The molecule has 0 N–H and O–H groups in total. The molecule has 2 nitrogen and oxygen atoms in total. The fourth-order valence-corrected chi connectivity index (χ4v) is 3.29. The van der Waals surface area contributed by atoms with Crippen molar-refractivity contribution in [3.63, 3.8) is 0 Å². The van der Waals surface area contributed by atoms with Crippen LogP contribution in [0.5, 0.6) is 11.5 Å². The first-order valence-corrected chi connectivity index (χ1v) is 7.50. The summed E-state index contributed by atoms with van der Waals surface area (Å²) >= 11 is 4.56. The molecule has 2 rings (SSSR count). The van der Waals surface area contributed by atoms with Crippen molar-refractivity contribution in [2.75, 3.05) is 14.2 Å². The van der Waals surface area contributed by atoms with Crippen LogP contribution >= 0.6 is 45.2 Å². The Labute approximate surface area is 134 Å². The van der Waals surface area contributed by atoms with Gasteiger partial charge >= 0.3 is 0 Å². The number of ether oxygens (including phenoxy) is 2. The summed E-state index contributed by atoms with van der Waals surface area (Å²) in [6.07, 6.45) is 0. The summed E-state index contributed by atoms with van der Waals surface area (Å²) in [5.41, 5.74) is 2.11. The molecule has 0 unspecified atom stereocenters. The molecule has 2 aromatic rings. The molecule has 0 bridgehead atoms. The van der Waals surface area contributed by atoms with Crippen LogP contribution < -0.4 is 9.47 Å².